The molecule has 29 heavy (non-hydrogen) atoms. The summed E-state index contributed by atoms with van der Waals surface area (Å²) in [6, 6.07) is 10.5. The van der Waals surface area contributed by atoms with E-state index in [1.807, 2.05) is 6.07 Å². The number of imidazole rings is 1. The van der Waals surface area contributed by atoms with Crippen LogP contribution in [0, 0.1) is 0 Å². The predicted octanol–water partition coefficient (Wildman–Crippen LogP) is 1.28. The van der Waals surface area contributed by atoms with E-state index in [4.69, 9.17) is 0 Å². The Kier molecular flexibility index (Phi) is 5.08. The van der Waals surface area contributed by atoms with Crippen molar-refractivity contribution in [3.8, 4) is 0 Å². The summed E-state index contributed by atoms with van der Waals surface area (Å²) in [7, 11) is 3.24. The molecule has 1 fully saturated rings. The normalized spacial score (nSPS) is 19.4. The van der Waals surface area contributed by atoms with Crippen molar-refractivity contribution in [1.82, 2.24) is 24.0 Å². The molecule has 3 aromatic rings. The van der Waals surface area contributed by atoms with Gasteiger partial charge in [0.05, 0.1) is 6.33 Å². The van der Waals surface area contributed by atoms with Crippen LogP contribution in [0.3, 0.4) is 0 Å². The molecule has 8 nitrogen and oxygen atoms in total. The molecule has 2 heterocycles. The highest BCUT2D eigenvalue weighted by atomic mass is 16.2. The van der Waals surface area contributed by atoms with E-state index in [9.17, 15) is 14.4 Å². The molecule has 152 valence electrons. The maximum Gasteiger partial charge on any atom is 0.332 e. The first kappa shape index (κ1) is 19.2. The van der Waals surface area contributed by atoms with Gasteiger partial charge < -0.3 is 9.88 Å². The highest BCUT2D eigenvalue weighted by Gasteiger charge is 2.24. The van der Waals surface area contributed by atoms with Crippen LogP contribution in [-0.4, -0.2) is 30.6 Å². The van der Waals surface area contributed by atoms with Gasteiger partial charge in [0.15, 0.2) is 11.2 Å². The number of carbonyl (C=O) groups excluding carboxylic acids is 1. The van der Waals surface area contributed by atoms with Gasteiger partial charge in [0, 0.05) is 20.1 Å². The molecule has 0 saturated heterocycles. The van der Waals surface area contributed by atoms with Crippen LogP contribution in [-0.2, 0) is 25.4 Å². The monoisotopic (exact) mass is 395 g/mol. The molecule has 4 rings (SSSR count). The molecule has 0 unspecified atom stereocenters. The molecule has 1 amide bonds. The Morgan fingerprint density at radius 3 is 2.48 bits per heavy atom. The van der Waals surface area contributed by atoms with E-state index in [-0.39, 0.29) is 18.5 Å². The summed E-state index contributed by atoms with van der Waals surface area (Å²) < 4.78 is 3.85. The number of aromatic nitrogens is 4. The molecule has 1 aliphatic carbocycles. The van der Waals surface area contributed by atoms with E-state index < -0.39 is 11.2 Å². The Hall–Kier alpha value is -3.16. The number of carbonyl (C=O) groups is 1. The van der Waals surface area contributed by atoms with E-state index in [1.54, 1.807) is 18.7 Å². The van der Waals surface area contributed by atoms with Crippen molar-refractivity contribution in [2.75, 3.05) is 0 Å². The zero-order valence-corrected chi connectivity index (χ0v) is 16.7. The molecular weight excluding hydrogens is 370 g/mol. The first-order valence-corrected chi connectivity index (χ1v) is 9.91. The summed E-state index contributed by atoms with van der Waals surface area (Å²) in [5, 5.41) is 3.00. The largest absolute Gasteiger partial charge is 0.352 e. The fourth-order valence-electron chi connectivity index (χ4n) is 4.25. The summed E-state index contributed by atoms with van der Waals surface area (Å²) in [5.41, 5.74) is 0.939. The van der Waals surface area contributed by atoms with E-state index in [1.165, 1.54) is 16.5 Å². The van der Waals surface area contributed by atoms with Crippen LogP contribution in [0.25, 0.3) is 11.2 Å². The molecule has 8 heteroatoms. The third kappa shape index (κ3) is 3.62. The topological polar surface area (TPSA) is 90.9 Å². The van der Waals surface area contributed by atoms with Crippen LogP contribution < -0.4 is 16.6 Å². The lowest BCUT2D eigenvalue weighted by Crippen LogP contribution is -2.46. The lowest BCUT2D eigenvalue weighted by Gasteiger charge is -2.29. The average molecular weight is 395 g/mol. The van der Waals surface area contributed by atoms with Gasteiger partial charge in [-0.15, -0.1) is 0 Å². The average Bonchev–Trinajstić information content (AvgIpc) is 3.12. The second-order valence-electron chi connectivity index (χ2n) is 7.79. The first-order valence-electron chi connectivity index (χ1n) is 9.91. The summed E-state index contributed by atoms with van der Waals surface area (Å²) in [6.07, 6.45) is 5.29. The Morgan fingerprint density at radius 2 is 1.79 bits per heavy atom. The van der Waals surface area contributed by atoms with Crippen LogP contribution in [0.4, 0.5) is 0 Å². The van der Waals surface area contributed by atoms with Gasteiger partial charge in [-0.05, 0) is 37.2 Å². The van der Waals surface area contributed by atoms with Gasteiger partial charge in [-0.2, -0.15) is 0 Å². The van der Waals surface area contributed by atoms with Crippen molar-refractivity contribution in [3.05, 3.63) is 63.1 Å². The molecule has 1 saturated carbocycles. The number of aryl methyl sites for hydroxylation is 2. The number of rotatable bonds is 4. The van der Waals surface area contributed by atoms with Crippen molar-refractivity contribution in [3.63, 3.8) is 0 Å². The van der Waals surface area contributed by atoms with Gasteiger partial charge in [-0.1, -0.05) is 30.3 Å². The van der Waals surface area contributed by atoms with Crippen LogP contribution in [0.2, 0.25) is 0 Å². The fourth-order valence-corrected chi connectivity index (χ4v) is 4.25. The molecule has 1 aromatic carbocycles. The fraction of sp³-hybridized carbons (Fsp3) is 0.429. The zero-order chi connectivity index (χ0) is 20.5. The Balaban J connectivity index is 1.44. The standard InChI is InChI=1S/C21H25N5O3/c1-24-13-22-19-18(24)20(28)26(21(29)25(19)2)12-17(27)23-16-10-8-15(9-11-16)14-6-4-3-5-7-14/h3-7,13,15-16H,8-12H2,1-2H3,(H,23,27). The van der Waals surface area contributed by atoms with E-state index in [0.29, 0.717) is 17.1 Å². The number of amides is 1. The number of benzene rings is 1. The number of hydrogen-bond acceptors (Lipinski definition) is 4. The molecule has 2 aromatic heterocycles. The number of hydrogen-bond donors (Lipinski definition) is 1. The predicted molar refractivity (Wildman–Crippen MR) is 110 cm³/mol. The van der Waals surface area contributed by atoms with Gasteiger partial charge in [-0.3, -0.25) is 14.2 Å². The summed E-state index contributed by atoms with van der Waals surface area (Å²) in [5.74, 6) is 0.209. The quantitative estimate of drug-likeness (QED) is 0.720. The molecule has 0 atom stereocenters. The Morgan fingerprint density at radius 1 is 1.10 bits per heavy atom. The minimum Gasteiger partial charge on any atom is -0.352 e. The maximum absolute atomic E-state index is 12.7. The molecule has 0 radical (unpaired) electrons. The van der Waals surface area contributed by atoms with Crippen LogP contribution in [0.1, 0.15) is 37.2 Å². The Labute approximate surface area is 167 Å². The lowest BCUT2D eigenvalue weighted by molar-refractivity contribution is -0.122. The number of nitrogens with zero attached hydrogens (tertiary/aromatic N) is 4. The highest BCUT2D eigenvalue weighted by Crippen LogP contribution is 2.32. The summed E-state index contributed by atoms with van der Waals surface area (Å²) in [4.78, 5) is 41.9. The smallest absolute Gasteiger partial charge is 0.332 e. The zero-order valence-electron chi connectivity index (χ0n) is 16.7. The van der Waals surface area contributed by atoms with Gasteiger partial charge in [0.2, 0.25) is 5.91 Å². The molecule has 0 bridgehead atoms. The molecular formula is C21H25N5O3. The van der Waals surface area contributed by atoms with Crippen molar-refractivity contribution >= 4 is 17.1 Å². The molecule has 0 spiro atoms. The van der Waals surface area contributed by atoms with E-state index in [0.717, 1.165) is 30.3 Å². The van der Waals surface area contributed by atoms with Gasteiger partial charge in [0.1, 0.15) is 6.54 Å². The third-order valence-electron chi connectivity index (χ3n) is 5.87. The SMILES string of the molecule is Cn1cnc2c1c(=O)n(CC(=O)NC1CCC(c3ccccc3)CC1)c(=O)n2C. The van der Waals surface area contributed by atoms with Crippen molar-refractivity contribution in [2.24, 2.45) is 14.1 Å². The molecule has 0 aliphatic heterocycles. The van der Waals surface area contributed by atoms with E-state index >= 15 is 0 Å². The maximum atomic E-state index is 12.7. The minimum atomic E-state index is -0.538. The highest BCUT2D eigenvalue weighted by molar-refractivity contribution is 5.77. The molecule has 1 N–H and O–H groups in total. The van der Waals surface area contributed by atoms with Crippen LogP contribution in [0.15, 0.2) is 46.2 Å². The third-order valence-corrected chi connectivity index (χ3v) is 5.87. The molecule has 1 aliphatic rings. The second-order valence-corrected chi connectivity index (χ2v) is 7.79. The van der Waals surface area contributed by atoms with Crippen molar-refractivity contribution in [1.29, 1.82) is 0 Å². The summed E-state index contributed by atoms with van der Waals surface area (Å²) >= 11 is 0. The Bertz CT molecular complexity index is 1150. The van der Waals surface area contributed by atoms with Gasteiger partial charge in [0.25, 0.3) is 5.56 Å². The first-order chi connectivity index (χ1) is 14.0. The van der Waals surface area contributed by atoms with Gasteiger partial charge in [-0.25, -0.2) is 14.3 Å². The second kappa shape index (κ2) is 7.69. The number of fused-ring (bicyclic) bond motifs is 1. The lowest BCUT2D eigenvalue weighted by atomic mass is 9.82. The van der Waals surface area contributed by atoms with Crippen LogP contribution >= 0.6 is 0 Å². The minimum absolute atomic E-state index is 0.0717. The van der Waals surface area contributed by atoms with Crippen molar-refractivity contribution < 1.29 is 4.79 Å². The van der Waals surface area contributed by atoms with Crippen molar-refractivity contribution in [2.45, 2.75) is 44.2 Å². The van der Waals surface area contributed by atoms with E-state index in [2.05, 4.69) is 34.6 Å². The van der Waals surface area contributed by atoms with Crippen LogP contribution in [0.5, 0.6) is 0 Å². The summed E-state index contributed by atoms with van der Waals surface area (Å²) in [6.45, 7) is -0.286. The number of nitrogens with one attached hydrogen (secondary N) is 1. The van der Waals surface area contributed by atoms with Gasteiger partial charge >= 0.3 is 5.69 Å².